The van der Waals surface area contributed by atoms with Gasteiger partial charge in [0.25, 0.3) is 5.91 Å². The molecule has 1 aromatic carbocycles. The molecular formula is C13H14N4O. The number of H-pyrrole nitrogens is 1. The zero-order valence-electron chi connectivity index (χ0n) is 9.81. The number of nitrogens with zero attached hydrogens (tertiary/aromatic N) is 1. The number of carbonyl (C=O) groups excluding carboxylic acids is 1. The van der Waals surface area contributed by atoms with Crippen LogP contribution in [0.2, 0.25) is 0 Å². The quantitative estimate of drug-likeness (QED) is 0.761. The maximum atomic E-state index is 12.1. The van der Waals surface area contributed by atoms with Gasteiger partial charge in [-0.3, -0.25) is 9.89 Å². The van der Waals surface area contributed by atoms with E-state index in [4.69, 9.17) is 5.73 Å². The van der Waals surface area contributed by atoms with E-state index in [0.29, 0.717) is 11.4 Å². The number of hydrogen-bond donors (Lipinski definition) is 3. The predicted octanol–water partition coefficient (Wildman–Crippen LogP) is 1.41. The highest BCUT2D eigenvalue weighted by Crippen LogP contribution is 2.45. The first-order valence-electron chi connectivity index (χ1n) is 5.88. The summed E-state index contributed by atoms with van der Waals surface area (Å²) in [5.41, 5.74) is 7.28. The molecule has 5 nitrogen and oxygen atoms in total. The van der Waals surface area contributed by atoms with Gasteiger partial charge in [0.1, 0.15) is 5.69 Å². The molecule has 0 aliphatic heterocycles. The van der Waals surface area contributed by atoms with E-state index < -0.39 is 0 Å². The van der Waals surface area contributed by atoms with Crippen molar-refractivity contribution in [2.24, 2.45) is 0 Å². The van der Waals surface area contributed by atoms with Crippen LogP contribution in [0.4, 0.5) is 5.69 Å². The number of rotatable bonds is 3. The van der Waals surface area contributed by atoms with Crippen LogP contribution in [0.3, 0.4) is 0 Å². The van der Waals surface area contributed by atoms with E-state index in [1.54, 1.807) is 0 Å². The lowest BCUT2D eigenvalue weighted by Crippen LogP contribution is -2.35. The van der Waals surface area contributed by atoms with Gasteiger partial charge in [-0.25, -0.2) is 0 Å². The second kappa shape index (κ2) is 3.87. The third-order valence-corrected chi connectivity index (χ3v) is 3.32. The molecule has 1 amide bonds. The Balaban J connectivity index is 1.82. The first-order chi connectivity index (χ1) is 8.71. The summed E-state index contributed by atoms with van der Waals surface area (Å²) in [6.45, 7) is 0. The van der Waals surface area contributed by atoms with Gasteiger partial charge in [-0.1, -0.05) is 30.3 Å². The van der Waals surface area contributed by atoms with Gasteiger partial charge in [0.2, 0.25) is 0 Å². The minimum absolute atomic E-state index is 0.202. The molecule has 0 saturated heterocycles. The molecule has 1 heterocycles. The Bertz CT molecular complexity index is 572. The van der Waals surface area contributed by atoms with E-state index in [2.05, 4.69) is 15.5 Å². The third kappa shape index (κ3) is 1.73. The van der Waals surface area contributed by atoms with Gasteiger partial charge in [0.15, 0.2) is 0 Å². The molecule has 1 saturated carbocycles. The van der Waals surface area contributed by atoms with Crippen molar-refractivity contribution in [3.05, 3.63) is 47.8 Å². The van der Waals surface area contributed by atoms with E-state index in [-0.39, 0.29) is 11.4 Å². The monoisotopic (exact) mass is 242 g/mol. The normalized spacial score (nSPS) is 16.2. The smallest absolute Gasteiger partial charge is 0.272 e. The average molecular weight is 242 g/mol. The standard InChI is InChI=1S/C13H14N4O/c14-10-8-15-17-11(10)12(18)16-13(6-7-13)9-4-2-1-3-5-9/h1-5,8H,6-7,14H2,(H,15,17)(H,16,18). The molecule has 0 bridgehead atoms. The minimum Gasteiger partial charge on any atom is -0.396 e. The van der Waals surface area contributed by atoms with Crippen molar-refractivity contribution in [3.8, 4) is 0 Å². The summed E-state index contributed by atoms with van der Waals surface area (Å²) in [6, 6.07) is 9.99. The number of amides is 1. The highest BCUT2D eigenvalue weighted by Gasteiger charge is 2.45. The highest BCUT2D eigenvalue weighted by atomic mass is 16.2. The molecule has 1 aromatic heterocycles. The highest BCUT2D eigenvalue weighted by molar-refractivity contribution is 5.97. The van der Waals surface area contributed by atoms with E-state index >= 15 is 0 Å². The molecule has 0 atom stereocenters. The molecule has 1 fully saturated rings. The number of carbonyl (C=O) groups is 1. The number of nitrogen functional groups attached to an aromatic ring is 1. The van der Waals surface area contributed by atoms with Crippen LogP contribution in [0.1, 0.15) is 28.9 Å². The van der Waals surface area contributed by atoms with Crippen molar-refractivity contribution in [3.63, 3.8) is 0 Å². The molecule has 0 unspecified atom stereocenters. The molecule has 4 N–H and O–H groups in total. The van der Waals surface area contributed by atoms with Gasteiger partial charge in [-0.2, -0.15) is 5.10 Å². The number of anilines is 1. The molecule has 5 heteroatoms. The molecule has 0 spiro atoms. The predicted molar refractivity (Wildman–Crippen MR) is 67.8 cm³/mol. The summed E-state index contributed by atoms with van der Waals surface area (Å²) in [4.78, 5) is 12.1. The van der Waals surface area contributed by atoms with Crippen molar-refractivity contribution in [1.29, 1.82) is 0 Å². The summed E-state index contributed by atoms with van der Waals surface area (Å²) in [6.07, 6.45) is 3.35. The maximum Gasteiger partial charge on any atom is 0.272 e. The summed E-state index contributed by atoms with van der Waals surface area (Å²) < 4.78 is 0. The van der Waals surface area contributed by atoms with Gasteiger partial charge in [-0.15, -0.1) is 0 Å². The van der Waals surface area contributed by atoms with E-state index in [1.807, 2.05) is 30.3 Å². The first-order valence-corrected chi connectivity index (χ1v) is 5.88. The number of aromatic nitrogens is 2. The molecule has 0 radical (unpaired) electrons. The Morgan fingerprint density at radius 1 is 1.33 bits per heavy atom. The molecule has 1 aliphatic carbocycles. The number of aromatic amines is 1. The van der Waals surface area contributed by atoms with Crippen molar-refractivity contribution in [2.45, 2.75) is 18.4 Å². The fourth-order valence-electron chi connectivity index (χ4n) is 2.13. The molecule has 3 rings (SSSR count). The Hall–Kier alpha value is -2.30. The number of nitrogens with two attached hydrogens (primary N) is 1. The lowest BCUT2D eigenvalue weighted by molar-refractivity contribution is 0.0926. The largest absolute Gasteiger partial charge is 0.396 e. The zero-order valence-corrected chi connectivity index (χ0v) is 9.81. The Morgan fingerprint density at radius 3 is 2.61 bits per heavy atom. The molecule has 2 aromatic rings. The van der Waals surface area contributed by atoms with Crippen molar-refractivity contribution in [1.82, 2.24) is 15.5 Å². The lowest BCUT2D eigenvalue weighted by Gasteiger charge is -2.17. The Morgan fingerprint density at radius 2 is 2.06 bits per heavy atom. The number of hydrogen-bond acceptors (Lipinski definition) is 3. The van der Waals surface area contributed by atoms with E-state index in [1.165, 1.54) is 6.20 Å². The van der Waals surface area contributed by atoms with Crippen molar-refractivity contribution in [2.75, 3.05) is 5.73 Å². The van der Waals surface area contributed by atoms with Gasteiger partial charge in [-0.05, 0) is 18.4 Å². The number of nitrogens with one attached hydrogen (secondary N) is 2. The topological polar surface area (TPSA) is 83.8 Å². The maximum absolute atomic E-state index is 12.1. The summed E-state index contributed by atoms with van der Waals surface area (Å²) in [7, 11) is 0. The van der Waals surface area contributed by atoms with Crippen LogP contribution in [0, 0.1) is 0 Å². The van der Waals surface area contributed by atoms with Gasteiger partial charge >= 0.3 is 0 Å². The summed E-state index contributed by atoms with van der Waals surface area (Å²) in [5.74, 6) is -0.202. The van der Waals surface area contributed by atoms with Crippen molar-refractivity contribution >= 4 is 11.6 Å². The van der Waals surface area contributed by atoms with E-state index in [0.717, 1.165) is 18.4 Å². The molecule has 1 aliphatic rings. The Labute approximate surface area is 104 Å². The molecular weight excluding hydrogens is 228 g/mol. The van der Waals surface area contributed by atoms with Crippen LogP contribution in [0.15, 0.2) is 36.5 Å². The second-order valence-corrected chi connectivity index (χ2v) is 4.60. The SMILES string of the molecule is Nc1cn[nH]c1C(=O)NC1(c2ccccc2)CC1. The molecule has 92 valence electrons. The fraction of sp³-hybridized carbons (Fsp3) is 0.231. The third-order valence-electron chi connectivity index (χ3n) is 3.32. The Kier molecular flexibility index (Phi) is 2.33. The molecule has 18 heavy (non-hydrogen) atoms. The average Bonchev–Trinajstić information content (AvgIpc) is 3.04. The zero-order chi connectivity index (χ0) is 12.6. The van der Waals surface area contributed by atoms with Crippen LogP contribution in [-0.4, -0.2) is 16.1 Å². The summed E-state index contributed by atoms with van der Waals surface area (Å²) in [5, 5.41) is 9.41. The first kappa shape index (κ1) is 10.8. The van der Waals surface area contributed by atoms with Gasteiger partial charge < -0.3 is 11.1 Å². The minimum atomic E-state index is -0.226. The van der Waals surface area contributed by atoms with Crippen molar-refractivity contribution < 1.29 is 4.79 Å². The van der Waals surface area contributed by atoms with Gasteiger partial charge in [0, 0.05) is 0 Å². The fourth-order valence-corrected chi connectivity index (χ4v) is 2.13. The van der Waals surface area contributed by atoms with Gasteiger partial charge in [0.05, 0.1) is 17.4 Å². The van der Waals surface area contributed by atoms with Crippen LogP contribution in [0.25, 0.3) is 0 Å². The second-order valence-electron chi connectivity index (χ2n) is 4.60. The van der Waals surface area contributed by atoms with Crippen LogP contribution >= 0.6 is 0 Å². The lowest BCUT2D eigenvalue weighted by atomic mass is 10.0. The summed E-state index contributed by atoms with van der Waals surface area (Å²) >= 11 is 0. The van der Waals surface area contributed by atoms with Crippen LogP contribution in [-0.2, 0) is 5.54 Å². The number of benzene rings is 1. The van der Waals surface area contributed by atoms with Crippen LogP contribution < -0.4 is 11.1 Å². The van der Waals surface area contributed by atoms with E-state index in [9.17, 15) is 4.79 Å². The van der Waals surface area contributed by atoms with Crippen LogP contribution in [0.5, 0.6) is 0 Å².